The van der Waals surface area contributed by atoms with E-state index in [0.29, 0.717) is 17.7 Å². The second-order valence-electron chi connectivity index (χ2n) is 4.61. The lowest BCUT2D eigenvalue weighted by molar-refractivity contribution is 0.0979. The molecule has 0 aliphatic carbocycles. The Balaban J connectivity index is 2.19. The third-order valence-corrected chi connectivity index (χ3v) is 3.11. The number of aromatic nitrogens is 1. The number of likely N-dealkylation sites (tertiary alicyclic amines) is 1. The SMILES string of the molecule is CC(=O)c1cnc(C2CCCN2C(C)C)o1. The van der Waals surface area contributed by atoms with Gasteiger partial charge in [0.25, 0.3) is 0 Å². The van der Waals surface area contributed by atoms with Crippen LogP contribution in [-0.4, -0.2) is 28.3 Å². The van der Waals surface area contributed by atoms with E-state index in [1.54, 1.807) is 0 Å². The molecule has 1 atom stereocenters. The van der Waals surface area contributed by atoms with E-state index in [4.69, 9.17) is 4.42 Å². The van der Waals surface area contributed by atoms with E-state index in [9.17, 15) is 4.79 Å². The fraction of sp³-hybridized carbons (Fsp3) is 0.667. The van der Waals surface area contributed by atoms with Gasteiger partial charge < -0.3 is 4.42 Å². The molecule has 0 spiro atoms. The van der Waals surface area contributed by atoms with Gasteiger partial charge in [-0.2, -0.15) is 0 Å². The number of carbonyl (C=O) groups excluding carboxylic acids is 1. The molecule has 16 heavy (non-hydrogen) atoms. The Bertz CT molecular complexity index is 384. The van der Waals surface area contributed by atoms with Gasteiger partial charge in [0.2, 0.25) is 5.89 Å². The van der Waals surface area contributed by atoms with Gasteiger partial charge >= 0.3 is 0 Å². The van der Waals surface area contributed by atoms with Crippen LogP contribution in [0.25, 0.3) is 0 Å². The van der Waals surface area contributed by atoms with Crippen molar-refractivity contribution < 1.29 is 9.21 Å². The molecule has 0 aromatic carbocycles. The van der Waals surface area contributed by atoms with Gasteiger partial charge in [-0.15, -0.1) is 0 Å². The molecule has 0 bridgehead atoms. The lowest BCUT2D eigenvalue weighted by Gasteiger charge is -2.25. The van der Waals surface area contributed by atoms with Gasteiger partial charge in [-0.1, -0.05) is 0 Å². The number of ketones is 1. The van der Waals surface area contributed by atoms with Gasteiger partial charge in [0.1, 0.15) is 0 Å². The summed E-state index contributed by atoms with van der Waals surface area (Å²) in [6, 6.07) is 0.730. The summed E-state index contributed by atoms with van der Waals surface area (Å²) < 4.78 is 5.51. The largest absolute Gasteiger partial charge is 0.436 e. The third kappa shape index (κ3) is 2.02. The average Bonchev–Trinajstić information content (AvgIpc) is 2.86. The molecular formula is C12H18N2O2. The molecule has 1 saturated heterocycles. The Kier molecular flexibility index (Phi) is 3.10. The molecule has 2 heterocycles. The highest BCUT2D eigenvalue weighted by Gasteiger charge is 2.31. The maximum absolute atomic E-state index is 11.1. The Morgan fingerprint density at radius 1 is 1.62 bits per heavy atom. The van der Waals surface area contributed by atoms with Crippen molar-refractivity contribution in [3.05, 3.63) is 17.8 Å². The predicted octanol–water partition coefficient (Wildman–Crippen LogP) is 2.42. The van der Waals surface area contributed by atoms with E-state index < -0.39 is 0 Å². The van der Waals surface area contributed by atoms with Crippen LogP contribution in [0.1, 0.15) is 56.1 Å². The molecule has 1 unspecified atom stereocenters. The highest BCUT2D eigenvalue weighted by Crippen LogP contribution is 2.32. The summed E-state index contributed by atoms with van der Waals surface area (Å²) >= 11 is 0. The van der Waals surface area contributed by atoms with Crippen molar-refractivity contribution in [2.75, 3.05) is 6.54 Å². The number of hydrogen-bond donors (Lipinski definition) is 0. The standard InChI is InChI=1S/C12H18N2O2/c1-8(2)14-6-4-5-10(14)12-13-7-11(16-12)9(3)15/h7-8,10H,4-6H2,1-3H3. The molecule has 1 fully saturated rings. The summed E-state index contributed by atoms with van der Waals surface area (Å²) in [6.07, 6.45) is 3.77. The molecule has 1 aromatic heterocycles. The van der Waals surface area contributed by atoms with Crippen molar-refractivity contribution in [3.8, 4) is 0 Å². The van der Waals surface area contributed by atoms with Gasteiger partial charge in [0, 0.05) is 13.0 Å². The molecule has 4 heteroatoms. The van der Waals surface area contributed by atoms with E-state index in [2.05, 4.69) is 23.7 Å². The first kappa shape index (κ1) is 11.3. The van der Waals surface area contributed by atoms with Crippen molar-refractivity contribution in [1.82, 2.24) is 9.88 Å². The first-order valence-electron chi connectivity index (χ1n) is 5.82. The van der Waals surface area contributed by atoms with Crippen LogP contribution in [0.3, 0.4) is 0 Å². The van der Waals surface area contributed by atoms with Gasteiger partial charge in [0.15, 0.2) is 11.5 Å². The van der Waals surface area contributed by atoms with Gasteiger partial charge in [0.05, 0.1) is 12.2 Å². The Morgan fingerprint density at radius 3 is 2.94 bits per heavy atom. The molecular weight excluding hydrogens is 204 g/mol. The second-order valence-corrected chi connectivity index (χ2v) is 4.61. The maximum atomic E-state index is 11.1. The van der Waals surface area contributed by atoms with E-state index in [-0.39, 0.29) is 11.8 Å². The summed E-state index contributed by atoms with van der Waals surface area (Å²) in [5.41, 5.74) is 0. The first-order valence-corrected chi connectivity index (χ1v) is 5.82. The van der Waals surface area contributed by atoms with Crippen LogP contribution in [-0.2, 0) is 0 Å². The molecule has 4 nitrogen and oxygen atoms in total. The number of rotatable bonds is 3. The molecule has 0 radical (unpaired) electrons. The Morgan fingerprint density at radius 2 is 2.38 bits per heavy atom. The normalized spacial score (nSPS) is 21.9. The van der Waals surface area contributed by atoms with Crippen LogP contribution >= 0.6 is 0 Å². The van der Waals surface area contributed by atoms with Crippen LogP contribution < -0.4 is 0 Å². The number of nitrogens with zero attached hydrogens (tertiary/aromatic N) is 2. The summed E-state index contributed by atoms with van der Waals surface area (Å²) in [4.78, 5) is 17.7. The van der Waals surface area contributed by atoms with Crippen LogP contribution in [0.2, 0.25) is 0 Å². The number of Topliss-reactive ketones (excluding diaryl/α,β-unsaturated/α-hetero) is 1. The molecule has 0 amide bonds. The highest BCUT2D eigenvalue weighted by molar-refractivity contribution is 5.90. The van der Waals surface area contributed by atoms with Crippen LogP contribution in [0.5, 0.6) is 0 Å². The molecule has 1 aliphatic heterocycles. The van der Waals surface area contributed by atoms with Crippen molar-refractivity contribution in [2.24, 2.45) is 0 Å². The number of carbonyl (C=O) groups is 1. The van der Waals surface area contributed by atoms with E-state index in [1.165, 1.54) is 19.5 Å². The van der Waals surface area contributed by atoms with Crippen molar-refractivity contribution >= 4 is 5.78 Å². The lowest BCUT2D eigenvalue weighted by atomic mass is 10.2. The van der Waals surface area contributed by atoms with Crippen LogP contribution in [0, 0.1) is 0 Å². The summed E-state index contributed by atoms with van der Waals surface area (Å²) in [5.74, 6) is 0.995. The number of hydrogen-bond acceptors (Lipinski definition) is 4. The van der Waals surface area contributed by atoms with E-state index in [0.717, 1.165) is 13.0 Å². The number of oxazole rings is 1. The fourth-order valence-corrected chi connectivity index (χ4v) is 2.28. The van der Waals surface area contributed by atoms with E-state index in [1.807, 2.05) is 0 Å². The average molecular weight is 222 g/mol. The van der Waals surface area contributed by atoms with Gasteiger partial charge in [-0.25, -0.2) is 4.98 Å². The summed E-state index contributed by atoms with van der Waals surface area (Å²) in [5, 5.41) is 0. The predicted molar refractivity (Wildman–Crippen MR) is 60.3 cm³/mol. The van der Waals surface area contributed by atoms with Crippen molar-refractivity contribution in [2.45, 2.75) is 45.7 Å². The minimum atomic E-state index is -0.0622. The van der Waals surface area contributed by atoms with Gasteiger partial charge in [-0.3, -0.25) is 9.69 Å². The first-order chi connectivity index (χ1) is 7.59. The molecule has 1 aromatic rings. The monoisotopic (exact) mass is 222 g/mol. The maximum Gasteiger partial charge on any atom is 0.212 e. The fourth-order valence-electron chi connectivity index (χ4n) is 2.28. The zero-order valence-electron chi connectivity index (χ0n) is 10.1. The van der Waals surface area contributed by atoms with Crippen molar-refractivity contribution in [1.29, 1.82) is 0 Å². The topological polar surface area (TPSA) is 46.3 Å². The smallest absolute Gasteiger partial charge is 0.212 e. The molecule has 1 aliphatic rings. The van der Waals surface area contributed by atoms with Gasteiger partial charge in [-0.05, 0) is 33.2 Å². The molecule has 2 rings (SSSR count). The van der Waals surface area contributed by atoms with Crippen molar-refractivity contribution in [3.63, 3.8) is 0 Å². The highest BCUT2D eigenvalue weighted by atomic mass is 16.4. The zero-order valence-corrected chi connectivity index (χ0v) is 10.1. The summed E-state index contributed by atoms with van der Waals surface area (Å²) in [6.45, 7) is 6.93. The zero-order chi connectivity index (χ0) is 11.7. The lowest BCUT2D eigenvalue weighted by Crippen LogP contribution is -2.30. The Hall–Kier alpha value is -1.16. The quantitative estimate of drug-likeness (QED) is 0.737. The minimum absolute atomic E-state index is 0.0622. The summed E-state index contributed by atoms with van der Waals surface area (Å²) in [7, 11) is 0. The Labute approximate surface area is 95.6 Å². The second kappa shape index (κ2) is 4.37. The molecule has 0 saturated carbocycles. The van der Waals surface area contributed by atoms with Crippen LogP contribution in [0.4, 0.5) is 0 Å². The van der Waals surface area contributed by atoms with Crippen LogP contribution in [0.15, 0.2) is 10.6 Å². The molecule has 0 N–H and O–H groups in total. The third-order valence-electron chi connectivity index (χ3n) is 3.11. The molecule has 88 valence electrons. The minimum Gasteiger partial charge on any atom is -0.436 e. The van der Waals surface area contributed by atoms with E-state index >= 15 is 0 Å².